The molecule has 8 nitrogen and oxygen atoms in total. The Kier molecular flexibility index (Phi) is 8.72. The van der Waals surface area contributed by atoms with Gasteiger partial charge in [0, 0.05) is 24.3 Å². The van der Waals surface area contributed by atoms with Crippen molar-refractivity contribution >= 4 is 46.0 Å². The lowest BCUT2D eigenvalue weighted by molar-refractivity contribution is -0.131. The van der Waals surface area contributed by atoms with Gasteiger partial charge in [0.15, 0.2) is 5.78 Å². The number of ketones is 1. The van der Waals surface area contributed by atoms with Crippen molar-refractivity contribution in [2.24, 2.45) is 11.8 Å². The summed E-state index contributed by atoms with van der Waals surface area (Å²) in [6.07, 6.45) is 2.43. The third-order valence-electron chi connectivity index (χ3n) is 6.15. The SMILES string of the molecule is CCC(=O)[C@H](C[C@@H]1CCCNC1=O)NC(=O)[C@H](CC(C)C)NC(=O)c1cc2cccc(Cl)c2[nH]1. The second kappa shape index (κ2) is 11.5. The molecule has 0 spiro atoms. The first-order valence-corrected chi connectivity index (χ1v) is 12.3. The van der Waals surface area contributed by atoms with E-state index in [4.69, 9.17) is 11.6 Å². The number of fused-ring (bicyclic) bond motifs is 1. The predicted octanol–water partition coefficient (Wildman–Crippen LogP) is 3.35. The van der Waals surface area contributed by atoms with Crippen molar-refractivity contribution in [1.29, 1.82) is 0 Å². The van der Waals surface area contributed by atoms with Crippen LogP contribution >= 0.6 is 11.6 Å². The normalized spacial score (nSPS) is 17.8. The van der Waals surface area contributed by atoms with Crippen molar-refractivity contribution in [3.63, 3.8) is 0 Å². The number of halogens is 1. The zero-order chi connectivity index (χ0) is 24.8. The molecular weight excluding hydrogens is 456 g/mol. The minimum Gasteiger partial charge on any atom is -0.356 e. The molecule has 4 N–H and O–H groups in total. The molecule has 1 aromatic heterocycles. The van der Waals surface area contributed by atoms with Gasteiger partial charge < -0.3 is 20.9 Å². The molecule has 1 fully saturated rings. The fourth-order valence-electron chi connectivity index (χ4n) is 4.31. The Labute approximate surface area is 204 Å². The molecule has 0 radical (unpaired) electrons. The number of benzene rings is 1. The quantitative estimate of drug-likeness (QED) is 0.410. The van der Waals surface area contributed by atoms with E-state index in [0.29, 0.717) is 35.6 Å². The van der Waals surface area contributed by atoms with Gasteiger partial charge in [0.05, 0.1) is 16.6 Å². The van der Waals surface area contributed by atoms with Crippen LogP contribution in [0.3, 0.4) is 0 Å². The first kappa shape index (κ1) is 25.7. The van der Waals surface area contributed by atoms with Crippen molar-refractivity contribution in [2.45, 2.75) is 65.0 Å². The molecule has 0 saturated carbocycles. The number of piperidine rings is 1. The van der Waals surface area contributed by atoms with E-state index < -0.39 is 23.9 Å². The van der Waals surface area contributed by atoms with Gasteiger partial charge in [0.25, 0.3) is 5.91 Å². The van der Waals surface area contributed by atoms with E-state index in [1.54, 1.807) is 25.1 Å². The van der Waals surface area contributed by atoms with E-state index in [2.05, 4.69) is 20.9 Å². The molecule has 2 heterocycles. The van der Waals surface area contributed by atoms with Gasteiger partial charge in [-0.1, -0.05) is 44.5 Å². The Balaban J connectivity index is 1.74. The topological polar surface area (TPSA) is 120 Å². The molecule has 1 saturated heterocycles. The van der Waals surface area contributed by atoms with E-state index in [1.165, 1.54) is 0 Å². The molecule has 3 amide bonds. The lowest BCUT2D eigenvalue weighted by Gasteiger charge is -2.28. The monoisotopic (exact) mass is 488 g/mol. The number of aromatic amines is 1. The van der Waals surface area contributed by atoms with Crippen molar-refractivity contribution < 1.29 is 19.2 Å². The molecule has 2 aromatic rings. The van der Waals surface area contributed by atoms with Gasteiger partial charge in [-0.25, -0.2) is 0 Å². The Morgan fingerprint density at radius 1 is 1.18 bits per heavy atom. The van der Waals surface area contributed by atoms with Gasteiger partial charge >= 0.3 is 0 Å². The second-order valence-corrected chi connectivity index (χ2v) is 9.70. The largest absolute Gasteiger partial charge is 0.356 e. The Morgan fingerprint density at radius 2 is 1.94 bits per heavy atom. The van der Waals surface area contributed by atoms with Gasteiger partial charge in [0.2, 0.25) is 11.8 Å². The van der Waals surface area contributed by atoms with E-state index in [-0.39, 0.29) is 36.4 Å². The molecular formula is C25H33ClN4O4. The minimum atomic E-state index is -0.832. The highest BCUT2D eigenvalue weighted by molar-refractivity contribution is 6.35. The first-order valence-electron chi connectivity index (χ1n) is 11.9. The van der Waals surface area contributed by atoms with Crippen LogP contribution in [-0.4, -0.2) is 47.1 Å². The highest BCUT2D eigenvalue weighted by Crippen LogP contribution is 2.24. The predicted molar refractivity (Wildman–Crippen MR) is 132 cm³/mol. The maximum absolute atomic E-state index is 13.2. The number of para-hydroxylation sites is 1. The van der Waals surface area contributed by atoms with Gasteiger partial charge in [-0.3, -0.25) is 19.2 Å². The standard InChI is InChI=1S/C25H33ClN4O4/c1-4-21(31)18(13-16-8-6-10-27-23(16)32)29-24(33)19(11-14(2)3)30-25(34)20-12-15-7-5-9-17(26)22(15)28-20/h5,7,9,12,14,16,18-19,28H,4,6,8,10-11,13H2,1-3H3,(H,27,32)(H,29,33)(H,30,34)/t16-,18-,19-/m0/s1. The maximum atomic E-state index is 13.2. The molecule has 3 atom stereocenters. The summed E-state index contributed by atoms with van der Waals surface area (Å²) in [5.74, 6) is -1.27. The van der Waals surface area contributed by atoms with Crippen molar-refractivity contribution in [1.82, 2.24) is 20.9 Å². The first-order chi connectivity index (χ1) is 16.2. The number of amides is 3. The Bertz CT molecular complexity index is 1060. The molecule has 9 heteroatoms. The molecule has 0 aliphatic carbocycles. The summed E-state index contributed by atoms with van der Waals surface area (Å²) in [6, 6.07) is 5.45. The summed E-state index contributed by atoms with van der Waals surface area (Å²) < 4.78 is 0. The highest BCUT2D eigenvalue weighted by Gasteiger charge is 2.32. The van der Waals surface area contributed by atoms with Crippen LogP contribution in [0.5, 0.6) is 0 Å². The lowest BCUT2D eigenvalue weighted by atomic mass is 9.89. The van der Waals surface area contributed by atoms with E-state index in [9.17, 15) is 19.2 Å². The summed E-state index contributed by atoms with van der Waals surface area (Å²) in [7, 11) is 0. The van der Waals surface area contributed by atoms with E-state index in [1.807, 2.05) is 19.9 Å². The third-order valence-corrected chi connectivity index (χ3v) is 6.47. The summed E-state index contributed by atoms with van der Waals surface area (Å²) in [6.45, 7) is 6.28. The van der Waals surface area contributed by atoms with Crippen molar-refractivity contribution in [3.05, 3.63) is 35.0 Å². The average molecular weight is 489 g/mol. The smallest absolute Gasteiger partial charge is 0.268 e. The maximum Gasteiger partial charge on any atom is 0.268 e. The molecule has 0 unspecified atom stereocenters. The van der Waals surface area contributed by atoms with Gasteiger partial charge in [-0.2, -0.15) is 0 Å². The van der Waals surface area contributed by atoms with E-state index in [0.717, 1.165) is 11.8 Å². The molecule has 1 aliphatic rings. The number of hydrogen-bond acceptors (Lipinski definition) is 4. The van der Waals surface area contributed by atoms with Crippen LogP contribution in [0.25, 0.3) is 10.9 Å². The van der Waals surface area contributed by atoms with Crippen LogP contribution in [0, 0.1) is 11.8 Å². The van der Waals surface area contributed by atoms with Crippen LogP contribution < -0.4 is 16.0 Å². The Morgan fingerprint density at radius 3 is 2.59 bits per heavy atom. The van der Waals surface area contributed by atoms with Crippen molar-refractivity contribution in [2.75, 3.05) is 6.54 Å². The fourth-order valence-corrected chi connectivity index (χ4v) is 4.54. The highest BCUT2D eigenvalue weighted by atomic mass is 35.5. The number of carbonyl (C=O) groups is 4. The molecule has 3 rings (SSSR count). The average Bonchev–Trinajstić information content (AvgIpc) is 3.24. The number of rotatable bonds is 10. The number of hydrogen-bond donors (Lipinski definition) is 4. The molecule has 184 valence electrons. The summed E-state index contributed by atoms with van der Waals surface area (Å²) in [5.41, 5.74) is 0.947. The zero-order valence-electron chi connectivity index (χ0n) is 19.9. The van der Waals surface area contributed by atoms with Gasteiger partial charge in [0.1, 0.15) is 11.7 Å². The second-order valence-electron chi connectivity index (χ2n) is 9.29. The Hall–Kier alpha value is -2.87. The van der Waals surface area contributed by atoms with Crippen LogP contribution in [0.15, 0.2) is 24.3 Å². The number of nitrogens with one attached hydrogen (secondary N) is 4. The van der Waals surface area contributed by atoms with Gasteiger partial charge in [-0.15, -0.1) is 0 Å². The fraction of sp³-hybridized carbons (Fsp3) is 0.520. The molecule has 1 aromatic carbocycles. The van der Waals surface area contributed by atoms with Crippen LogP contribution in [0.1, 0.15) is 63.4 Å². The van der Waals surface area contributed by atoms with Crippen molar-refractivity contribution in [3.8, 4) is 0 Å². The molecule has 34 heavy (non-hydrogen) atoms. The van der Waals surface area contributed by atoms with E-state index >= 15 is 0 Å². The lowest BCUT2D eigenvalue weighted by Crippen LogP contribution is -2.53. The summed E-state index contributed by atoms with van der Waals surface area (Å²) in [5, 5.41) is 9.74. The van der Waals surface area contributed by atoms with Crippen LogP contribution in [0.4, 0.5) is 0 Å². The number of aromatic nitrogens is 1. The van der Waals surface area contributed by atoms with Gasteiger partial charge in [-0.05, 0) is 43.7 Å². The van der Waals surface area contributed by atoms with Crippen LogP contribution in [-0.2, 0) is 14.4 Å². The zero-order valence-corrected chi connectivity index (χ0v) is 20.6. The van der Waals surface area contributed by atoms with Crippen LogP contribution in [0.2, 0.25) is 5.02 Å². The molecule has 0 bridgehead atoms. The summed E-state index contributed by atoms with van der Waals surface area (Å²) in [4.78, 5) is 54.0. The number of H-pyrrole nitrogens is 1. The summed E-state index contributed by atoms with van der Waals surface area (Å²) >= 11 is 6.20. The third kappa shape index (κ3) is 6.38. The minimum absolute atomic E-state index is 0.0843. The molecule has 1 aliphatic heterocycles. The number of Topliss-reactive ketones (excluding diaryl/α,β-unsaturated/α-hetero) is 1. The number of carbonyl (C=O) groups excluding carboxylic acids is 4.